The summed E-state index contributed by atoms with van der Waals surface area (Å²) in [6.07, 6.45) is 3.68. The van der Waals surface area contributed by atoms with Crippen molar-refractivity contribution < 1.29 is 22.7 Å². The number of piperidine rings is 1. The summed E-state index contributed by atoms with van der Waals surface area (Å²) in [5, 5.41) is 2.89. The predicted molar refractivity (Wildman–Crippen MR) is 160 cm³/mol. The number of benzene rings is 3. The molecule has 3 aromatic carbocycles. The van der Waals surface area contributed by atoms with Crippen LogP contribution >= 0.6 is 0 Å². The Morgan fingerprint density at radius 2 is 1.71 bits per heavy atom. The number of sulfonamides is 1. The molecule has 1 atom stereocenters. The number of amides is 1. The molecule has 1 aliphatic carbocycles. The number of ether oxygens (including phenoxy) is 1. The van der Waals surface area contributed by atoms with Gasteiger partial charge in [-0.2, -0.15) is 0 Å². The quantitative estimate of drug-likeness (QED) is 0.350. The second-order valence-electron chi connectivity index (χ2n) is 10.7. The number of nitrogens with zero attached hydrogens (tertiary/aromatic N) is 1. The largest absolute Gasteiger partial charge is 0.466 e. The number of carbonyl (C=O) groups excluding carboxylic acids is 2. The van der Waals surface area contributed by atoms with Gasteiger partial charge in [0.25, 0.3) is 5.91 Å². The fourth-order valence-electron chi connectivity index (χ4n) is 5.84. The molecule has 9 heteroatoms. The molecule has 0 unspecified atom stereocenters. The maximum absolute atomic E-state index is 14.1. The highest BCUT2D eigenvalue weighted by Crippen LogP contribution is 2.35. The van der Waals surface area contributed by atoms with Crippen molar-refractivity contribution in [3.8, 4) is 0 Å². The fraction of sp³-hybridized carbons (Fsp3) is 0.375. The van der Waals surface area contributed by atoms with Gasteiger partial charge in [0, 0.05) is 30.4 Å². The van der Waals surface area contributed by atoms with Gasteiger partial charge in [-0.15, -0.1) is 0 Å². The molecule has 1 amide bonds. The first-order valence-corrected chi connectivity index (χ1v) is 15.8. The second kappa shape index (κ2) is 12.4. The third-order valence-electron chi connectivity index (χ3n) is 8.02. The number of hydrogen-bond donors (Lipinski definition) is 2. The summed E-state index contributed by atoms with van der Waals surface area (Å²) in [6, 6.07) is 19.9. The van der Waals surface area contributed by atoms with Crippen LogP contribution in [0.5, 0.6) is 0 Å². The van der Waals surface area contributed by atoms with Gasteiger partial charge >= 0.3 is 5.97 Å². The molecule has 0 aromatic heterocycles. The number of esters is 1. The summed E-state index contributed by atoms with van der Waals surface area (Å²) < 4.78 is 36.3. The van der Waals surface area contributed by atoms with E-state index in [9.17, 15) is 18.0 Å². The summed E-state index contributed by atoms with van der Waals surface area (Å²) in [6.45, 7) is 5.04. The molecule has 2 N–H and O–H groups in total. The van der Waals surface area contributed by atoms with E-state index in [4.69, 9.17) is 4.74 Å². The van der Waals surface area contributed by atoms with E-state index in [0.717, 1.165) is 29.5 Å². The molecule has 8 nitrogen and oxygen atoms in total. The van der Waals surface area contributed by atoms with E-state index >= 15 is 0 Å². The lowest BCUT2D eigenvalue weighted by Gasteiger charge is -2.34. The third-order valence-corrected chi connectivity index (χ3v) is 9.52. The number of aryl methyl sites for hydroxylation is 2. The monoisotopic (exact) mass is 575 g/mol. The fourth-order valence-corrected chi connectivity index (χ4v) is 7.34. The highest BCUT2D eigenvalue weighted by atomic mass is 32.2. The van der Waals surface area contributed by atoms with Gasteiger partial charge in [-0.05, 0) is 86.9 Å². The van der Waals surface area contributed by atoms with Crippen molar-refractivity contribution in [2.24, 2.45) is 5.92 Å². The van der Waals surface area contributed by atoms with Crippen molar-refractivity contribution in [2.45, 2.75) is 56.9 Å². The van der Waals surface area contributed by atoms with Crippen LogP contribution in [0.3, 0.4) is 0 Å². The molecule has 1 saturated heterocycles. The van der Waals surface area contributed by atoms with Gasteiger partial charge in [0.2, 0.25) is 10.0 Å². The first-order chi connectivity index (χ1) is 19.8. The van der Waals surface area contributed by atoms with Crippen LogP contribution in [-0.4, -0.2) is 40.0 Å². The number of anilines is 2. The van der Waals surface area contributed by atoms with Gasteiger partial charge in [-0.25, -0.2) is 13.1 Å². The minimum atomic E-state index is -3.99. The summed E-state index contributed by atoms with van der Waals surface area (Å²) in [5.74, 6) is -0.702. The molecule has 0 saturated carbocycles. The molecule has 2 aliphatic rings. The average Bonchev–Trinajstić information content (AvgIpc) is 2.97. The first-order valence-electron chi connectivity index (χ1n) is 14.3. The lowest BCUT2D eigenvalue weighted by molar-refractivity contribution is -0.148. The van der Waals surface area contributed by atoms with Gasteiger partial charge < -0.3 is 15.0 Å². The average molecular weight is 576 g/mol. The number of rotatable bonds is 8. The molecule has 41 heavy (non-hydrogen) atoms. The van der Waals surface area contributed by atoms with E-state index in [1.807, 2.05) is 42.2 Å². The van der Waals surface area contributed by atoms with Crippen molar-refractivity contribution in [1.29, 1.82) is 0 Å². The van der Waals surface area contributed by atoms with Crippen molar-refractivity contribution in [3.05, 3.63) is 89.0 Å². The Balaban J connectivity index is 1.45. The van der Waals surface area contributed by atoms with Crippen LogP contribution in [-0.2, 0) is 26.0 Å². The van der Waals surface area contributed by atoms with Gasteiger partial charge in [0.1, 0.15) is 4.90 Å². The Labute approximate surface area is 242 Å². The van der Waals surface area contributed by atoms with Crippen molar-refractivity contribution in [3.63, 3.8) is 0 Å². The van der Waals surface area contributed by atoms with Crippen LogP contribution in [0.25, 0.3) is 0 Å². The van der Waals surface area contributed by atoms with E-state index in [1.165, 1.54) is 0 Å². The summed E-state index contributed by atoms with van der Waals surface area (Å²) in [4.78, 5) is 27.5. The van der Waals surface area contributed by atoms with Crippen molar-refractivity contribution in [1.82, 2.24) is 4.72 Å². The third kappa shape index (κ3) is 6.47. The molecule has 5 rings (SSSR count). The highest BCUT2D eigenvalue weighted by molar-refractivity contribution is 7.89. The smallest absolute Gasteiger partial charge is 0.309 e. The number of carbonyl (C=O) groups is 2. The summed E-state index contributed by atoms with van der Waals surface area (Å²) >= 11 is 0. The second-order valence-corrected chi connectivity index (χ2v) is 12.4. The first kappa shape index (κ1) is 28.8. The predicted octanol–water partition coefficient (Wildman–Crippen LogP) is 5.38. The van der Waals surface area contributed by atoms with E-state index in [-0.39, 0.29) is 28.7 Å². The van der Waals surface area contributed by atoms with Gasteiger partial charge in [-0.1, -0.05) is 42.5 Å². The van der Waals surface area contributed by atoms with Crippen LogP contribution in [0.1, 0.15) is 65.7 Å². The lowest BCUT2D eigenvalue weighted by Crippen LogP contribution is -2.38. The Morgan fingerprint density at radius 1 is 0.976 bits per heavy atom. The topological polar surface area (TPSA) is 105 Å². The summed E-state index contributed by atoms with van der Waals surface area (Å²) in [7, 11) is -3.99. The van der Waals surface area contributed by atoms with Crippen LogP contribution < -0.4 is 14.9 Å². The highest BCUT2D eigenvalue weighted by Gasteiger charge is 2.32. The molecule has 1 aliphatic heterocycles. The standard InChI is InChI=1S/C32H37N3O5S/c1-3-40-32(37)24-17-19-35(20-18-24)29-16-15-25(33-31(36)26-12-6-4-9-22(26)2)21-30(29)41(38,39)34-28-14-8-11-23-10-5-7-13-27(23)28/h4-7,9-10,12-13,15-16,21,24,28,34H,3,8,11,14,17-20H2,1-2H3,(H,33,36)/t28-/m1/s1. The van der Waals surface area contributed by atoms with Gasteiger partial charge in [0.15, 0.2) is 0 Å². The molecule has 1 heterocycles. The van der Waals surface area contributed by atoms with E-state index in [1.54, 1.807) is 37.3 Å². The zero-order chi connectivity index (χ0) is 29.0. The SMILES string of the molecule is CCOC(=O)C1CCN(c2ccc(NC(=O)c3ccccc3C)cc2S(=O)(=O)N[C@@H]2CCCc3ccccc32)CC1. The van der Waals surface area contributed by atoms with E-state index < -0.39 is 10.0 Å². The minimum Gasteiger partial charge on any atom is -0.466 e. The van der Waals surface area contributed by atoms with Gasteiger partial charge in [-0.3, -0.25) is 9.59 Å². The van der Waals surface area contributed by atoms with E-state index in [0.29, 0.717) is 55.9 Å². The Morgan fingerprint density at radius 3 is 2.46 bits per heavy atom. The molecule has 0 bridgehead atoms. The maximum Gasteiger partial charge on any atom is 0.309 e. The Kier molecular flexibility index (Phi) is 8.75. The van der Waals surface area contributed by atoms with Crippen LogP contribution in [0.2, 0.25) is 0 Å². The molecule has 0 radical (unpaired) electrons. The number of nitrogens with one attached hydrogen (secondary N) is 2. The lowest BCUT2D eigenvalue weighted by atomic mass is 9.88. The van der Waals surface area contributed by atoms with Crippen molar-refractivity contribution >= 4 is 33.3 Å². The molecule has 3 aromatic rings. The van der Waals surface area contributed by atoms with Gasteiger partial charge in [0.05, 0.1) is 18.2 Å². The molecule has 216 valence electrons. The van der Waals surface area contributed by atoms with Crippen LogP contribution in [0.4, 0.5) is 11.4 Å². The number of hydrogen-bond acceptors (Lipinski definition) is 6. The molecular formula is C32H37N3O5S. The molecule has 1 fully saturated rings. The van der Waals surface area contributed by atoms with E-state index in [2.05, 4.69) is 16.1 Å². The zero-order valence-corrected chi connectivity index (χ0v) is 24.4. The Bertz CT molecular complexity index is 1530. The minimum absolute atomic E-state index is 0.109. The molecular weight excluding hydrogens is 538 g/mol. The van der Waals surface area contributed by atoms with Crippen molar-refractivity contribution in [2.75, 3.05) is 29.9 Å². The van der Waals surface area contributed by atoms with Crippen LogP contribution in [0, 0.1) is 12.8 Å². The number of fused-ring (bicyclic) bond motifs is 1. The zero-order valence-electron chi connectivity index (χ0n) is 23.6. The van der Waals surface area contributed by atoms with Crippen LogP contribution in [0.15, 0.2) is 71.6 Å². The normalized spacial score (nSPS) is 17.5. The maximum atomic E-state index is 14.1. The Hall–Kier alpha value is -3.69. The summed E-state index contributed by atoms with van der Waals surface area (Å²) in [5.41, 5.74) is 4.47. The molecule has 0 spiro atoms.